The zero-order chi connectivity index (χ0) is 14.4. The topological polar surface area (TPSA) is 45.3 Å². The largest absolute Gasteiger partial charge is 1.00 e. The van der Waals surface area contributed by atoms with Crippen LogP contribution in [0.25, 0.3) is 0 Å². The zero-order valence-corrected chi connectivity index (χ0v) is 13.1. The molecule has 0 atom stereocenters. The number of hydrazone groups is 1. The third-order valence-corrected chi connectivity index (χ3v) is 3.02. The Hall–Kier alpha value is -1.62. The molecule has 110 valence electrons. The summed E-state index contributed by atoms with van der Waals surface area (Å²) in [4.78, 5) is 11.6. The molecule has 2 rings (SSSR count). The molecule has 1 heterocycles. The molecule has 0 spiro atoms. The normalized spacial score (nSPS) is 10.2. The quantitative estimate of drug-likeness (QED) is 0.451. The van der Waals surface area contributed by atoms with Crippen molar-refractivity contribution in [3.63, 3.8) is 0 Å². The second kappa shape index (κ2) is 8.62. The number of nitrogens with one attached hydrogen (secondary N) is 1. The minimum absolute atomic E-state index is 0. The summed E-state index contributed by atoms with van der Waals surface area (Å²) in [5, 5.41) is 4.89. The van der Waals surface area contributed by atoms with Crippen LogP contribution in [0.3, 0.4) is 0 Å². The zero-order valence-electron chi connectivity index (χ0n) is 10.8. The van der Waals surface area contributed by atoms with Crippen molar-refractivity contribution in [1.82, 2.24) is 5.43 Å². The van der Waals surface area contributed by atoms with Crippen molar-refractivity contribution in [3.8, 4) is 0 Å². The molecule has 21 heavy (non-hydrogen) atoms. The van der Waals surface area contributed by atoms with Crippen LogP contribution in [0.5, 0.6) is 0 Å². The van der Waals surface area contributed by atoms with E-state index in [0.29, 0.717) is 15.6 Å². The lowest BCUT2D eigenvalue weighted by molar-refractivity contribution is -0.684. The van der Waals surface area contributed by atoms with Crippen molar-refractivity contribution in [3.05, 3.63) is 64.4 Å². The number of carbonyl (C=O) groups excluding carboxylic acids is 1. The predicted molar refractivity (Wildman–Crippen MR) is 78.8 cm³/mol. The van der Waals surface area contributed by atoms with Crippen LogP contribution >= 0.6 is 23.2 Å². The van der Waals surface area contributed by atoms with Gasteiger partial charge in [-0.1, -0.05) is 35.3 Å². The predicted octanol–water partition coefficient (Wildman–Crippen LogP) is -0.565. The highest BCUT2D eigenvalue weighted by atomic mass is 35.5. The summed E-state index contributed by atoms with van der Waals surface area (Å²) in [7, 11) is 0. The molecular weight excluding hydrogens is 333 g/mol. The summed E-state index contributed by atoms with van der Waals surface area (Å²) in [6.45, 7) is 0.201. The highest BCUT2D eigenvalue weighted by Gasteiger charge is 2.06. The van der Waals surface area contributed by atoms with E-state index in [4.69, 9.17) is 23.2 Å². The molecule has 0 saturated heterocycles. The fourth-order valence-corrected chi connectivity index (χ4v) is 1.98. The van der Waals surface area contributed by atoms with Gasteiger partial charge >= 0.3 is 5.91 Å². The molecule has 0 aliphatic carbocycles. The molecule has 0 bridgehead atoms. The van der Waals surface area contributed by atoms with Gasteiger partial charge in [0.1, 0.15) is 0 Å². The first-order chi connectivity index (χ1) is 9.65. The molecule has 0 radical (unpaired) electrons. The summed E-state index contributed by atoms with van der Waals surface area (Å²) in [6, 6.07) is 10.6. The molecule has 1 N–H and O–H groups in total. The third-order valence-electron chi connectivity index (χ3n) is 2.46. The monoisotopic (exact) mass is 343 g/mol. The molecular formula is C14H12Cl3N3O. The number of carbonyl (C=O) groups is 1. The molecule has 1 amide bonds. The summed E-state index contributed by atoms with van der Waals surface area (Å²) < 4.78 is 1.75. The second-order valence-corrected chi connectivity index (χ2v) is 4.85. The lowest BCUT2D eigenvalue weighted by Crippen LogP contribution is -3.00. The number of nitrogens with zero attached hydrogens (tertiary/aromatic N) is 2. The van der Waals surface area contributed by atoms with Gasteiger partial charge < -0.3 is 12.4 Å². The Labute approximate surface area is 138 Å². The van der Waals surface area contributed by atoms with Crippen LogP contribution in [0.4, 0.5) is 0 Å². The maximum Gasteiger partial charge on any atom is 0.305 e. The van der Waals surface area contributed by atoms with E-state index in [1.165, 1.54) is 6.21 Å². The molecule has 0 unspecified atom stereocenters. The summed E-state index contributed by atoms with van der Waals surface area (Å²) >= 11 is 11.8. The van der Waals surface area contributed by atoms with Crippen LogP contribution in [0.15, 0.2) is 53.9 Å². The van der Waals surface area contributed by atoms with Crippen LogP contribution in [0, 0.1) is 0 Å². The number of hydrogen-bond donors (Lipinski definition) is 1. The molecule has 2 aromatic rings. The average Bonchev–Trinajstić information content (AvgIpc) is 2.42. The molecule has 0 saturated carbocycles. The number of hydrogen-bond acceptors (Lipinski definition) is 2. The Balaban J connectivity index is 0.00000220. The Morgan fingerprint density at radius 1 is 1.24 bits per heavy atom. The van der Waals surface area contributed by atoms with Crippen molar-refractivity contribution in [1.29, 1.82) is 0 Å². The Kier molecular flexibility index (Phi) is 7.15. The maximum absolute atomic E-state index is 11.6. The van der Waals surface area contributed by atoms with E-state index in [1.54, 1.807) is 35.2 Å². The summed E-state index contributed by atoms with van der Waals surface area (Å²) in [5.41, 5.74) is 3.12. The first-order valence-electron chi connectivity index (χ1n) is 5.86. The highest BCUT2D eigenvalue weighted by molar-refractivity contribution is 6.36. The molecule has 7 heteroatoms. The van der Waals surface area contributed by atoms with E-state index in [2.05, 4.69) is 10.5 Å². The van der Waals surface area contributed by atoms with Crippen molar-refractivity contribution in [2.45, 2.75) is 6.54 Å². The SMILES string of the molecule is O=C(C[n+]1ccccc1)N/N=C\c1ccc(Cl)cc1Cl.[Cl-]. The van der Waals surface area contributed by atoms with Gasteiger partial charge in [0.2, 0.25) is 6.54 Å². The van der Waals surface area contributed by atoms with Gasteiger partial charge in [-0.05, 0) is 12.1 Å². The van der Waals surface area contributed by atoms with Crippen molar-refractivity contribution < 1.29 is 21.8 Å². The van der Waals surface area contributed by atoms with Gasteiger partial charge in [0.15, 0.2) is 12.4 Å². The van der Waals surface area contributed by atoms with E-state index in [0.717, 1.165) is 0 Å². The smallest absolute Gasteiger partial charge is 0.305 e. The van der Waals surface area contributed by atoms with Gasteiger partial charge in [-0.15, -0.1) is 0 Å². The van der Waals surface area contributed by atoms with Crippen LogP contribution in [0.1, 0.15) is 5.56 Å². The Morgan fingerprint density at radius 3 is 2.62 bits per heavy atom. The van der Waals surface area contributed by atoms with E-state index >= 15 is 0 Å². The van der Waals surface area contributed by atoms with E-state index in [9.17, 15) is 4.79 Å². The van der Waals surface area contributed by atoms with Crippen molar-refractivity contribution in [2.24, 2.45) is 5.10 Å². The van der Waals surface area contributed by atoms with Crippen molar-refractivity contribution in [2.75, 3.05) is 0 Å². The fraction of sp³-hybridized carbons (Fsp3) is 0.0714. The number of halogens is 3. The maximum atomic E-state index is 11.6. The molecule has 0 aliphatic rings. The lowest BCUT2D eigenvalue weighted by atomic mass is 10.2. The van der Waals surface area contributed by atoms with Crippen LogP contribution in [-0.4, -0.2) is 12.1 Å². The Morgan fingerprint density at radius 2 is 1.95 bits per heavy atom. The van der Waals surface area contributed by atoms with Gasteiger partial charge in [0, 0.05) is 22.7 Å². The van der Waals surface area contributed by atoms with Crippen LogP contribution in [0.2, 0.25) is 10.0 Å². The summed E-state index contributed by atoms with van der Waals surface area (Å²) in [6.07, 6.45) is 5.09. The van der Waals surface area contributed by atoms with Crippen LogP contribution < -0.4 is 22.4 Å². The van der Waals surface area contributed by atoms with E-state index < -0.39 is 0 Å². The van der Waals surface area contributed by atoms with Gasteiger partial charge in [-0.25, -0.2) is 5.43 Å². The molecule has 0 aliphatic heterocycles. The minimum Gasteiger partial charge on any atom is -1.00 e. The number of pyridine rings is 1. The first-order valence-corrected chi connectivity index (χ1v) is 6.62. The van der Waals surface area contributed by atoms with Crippen molar-refractivity contribution >= 4 is 35.3 Å². The number of aromatic nitrogens is 1. The fourth-order valence-electron chi connectivity index (χ4n) is 1.52. The van der Waals surface area contributed by atoms with Gasteiger partial charge in [-0.2, -0.15) is 9.67 Å². The second-order valence-electron chi connectivity index (χ2n) is 4.01. The van der Waals surface area contributed by atoms with Gasteiger partial charge in [0.05, 0.1) is 11.2 Å². The van der Waals surface area contributed by atoms with Crippen LogP contribution in [-0.2, 0) is 11.3 Å². The third kappa shape index (κ3) is 5.71. The Bertz CT molecular complexity index is 633. The number of rotatable bonds is 4. The standard InChI is InChI=1S/C14H11Cl2N3O.ClH/c15-12-5-4-11(13(16)8-12)9-17-18-14(20)10-19-6-2-1-3-7-19;/h1-9H,10H2;1H/b17-9-;. The molecule has 0 fully saturated rings. The lowest BCUT2D eigenvalue weighted by Gasteiger charge is -1.99. The van der Waals surface area contributed by atoms with Gasteiger partial charge in [-0.3, -0.25) is 4.79 Å². The number of amides is 1. The molecule has 1 aromatic carbocycles. The number of benzene rings is 1. The van der Waals surface area contributed by atoms with Gasteiger partial charge in [0.25, 0.3) is 0 Å². The first kappa shape index (κ1) is 17.4. The van der Waals surface area contributed by atoms with E-state index in [-0.39, 0.29) is 24.9 Å². The van der Waals surface area contributed by atoms with E-state index in [1.807, 2.05) is 18.2 Å². The average molecular weight is 345 g/mol. The minimum atomic E-state index is -0.220. The molecule has 4 nitrogen and oxygen atoms in total. The molecule has 1 aromatic heterocycles. The summed E-state index contributed by atoms with van der Waals surface area (Å²) in [5.74, 6) is -0.220. The highest BCUT2D eigenvalue weighted by Crippen LogP contribution is 2.19.